The predicted molar refractivity (Wildman–Crippen MR) is 105 cm³/mol. The maximum Gasteiger partial charge on any atom is 0.215 e. The lowest BCUT2D eigenvalue weighted by atomic mass is 9.97. The van der Waals surface area contributed by atoms with Crippen LogP contribution in [0.3, 0.4) is 0 Å². The topological polar surface area (TPSA) is 38.0 Å². The van der Waals surface area contributed by atoms with E-state index >= 15 is 0 Å². The number of hydrazone groups is 1. The summed E-state index contributed by atoms with van der Waals surface area (Å²) in [5, 5.41) is 8.14. The normalized spacial score (nSPS) is 20.7. The fraction of sp³-hybridized carbons (Fsp3) is 0.190. The lowest BCUT2D eigenvalue weighted by Crippen LogP contribution is -2.33. The summed E-state index contributed by atoms with van der Waals surface area (Å²) in [6.07, 6.45) is 0.302. The second-order valence-corrected chi connectivity index (χ2v) is 7.57. The van der Waals surface area contributed by atoms with Gasteiger partial charge >= 0.3 is 0 Å². The second kappa shape index (κ2) is 6.32. The Balaban J connectivity index is 1.63. The van der Waals surface area contributed by atoms with Crippen molar-refractivity contribution in [3.8, 4) is 5.75 Å². The number of ether oxygens (including phenoxy) is 1. The third kappa shape index (κ3) is 2.80. The van der Waals surface area contributed by atoms with E-state index < -0.39 is 6.23 Å². The summed E-state index contributed by atoms with van der Waals surface area (Å²) in [6.45, 7) is 1.93. The minimum absolute atomic E-state index is 0.00845. The van der Waals surface area contributed by atoms with Crippen molar-refractivity contribution in [1.29, 1.82) is 0 Å². The maximum atomic E-state index is 6.46. The van der Waals surface area contributed by atoms with E-state index in [0.717, 1.165) is 34.1 Å². The highest BCUT2D eigenvalue weighted by atomic mass is 35.5. The first kappa shape index (κ1) is 16.7. The molecule has 0 saturated carbocycles. The van der Waals surface area contributed by atoms with Crippen LogP contribution >= 0.6 is 23.2 Å². The Kier molecular flexibility index (Phi) is 3.92. The van der Waals surface area contributed by atoms with E-state index in [9.17, 15) is 0 Å². The minimum Gasteiger partial charge on any atom is -0.464 e. The van der Waals surface area contributed by atoms with Crippen molar-refractivity contribution in [1.82, 2.24) is 5.01 Å². The molecule has 4 nitrogen and oxygen atoms in total. The molecule has 0 N–H and O–H groups in total. The van der Waals surface area contributed by atoms with Gasteiger partial charge in [0, 0.05) is 27.6 Å². The standard InChI is InChI=1S/C21H16Cl2N2O2/c1-12-6-8-20(26-12)17-11-18-15-10-13(22)7-9-19(15)27-21(25(18)24-17)14-4-2-3-5-16(14)23/h2-10,18,21H,11H2,1H3/t18-,21+/m0/s1. The van der Waals surface area contributed by atoms with Crippen molar-refractivity contribution in [2.75, 3.05) is 0 Å². The molecule has 0 bridgehead atoms. The molecule has 27 heavy (non-hydrogen) atoms. The summed E-state index contributed by atoms with van der Waals surface area (Å²) >= 11 is 12.7. The number of benzene rings is 2. The number of aryl methyl sites for hydroxylation is 1. The van der Waals surface area contributed by atoms with Gasteiger partial charge in [0.2, 0.25) is 6.23 Å². The first-order chi connectivity index (χ1) is 13.1. The molecular weight excluding hydrogens is 383 g/mol. The Hall–Kier alpha value is -2.43. The molecule has 0 unspecified atom stereocenters. The predicted octanol–water partition coefficient (Wildman–Crippen LogP) is 6.14. The lowest BCUT2D eigenvalue weighted by Gasteiger charge is -2.38. The quantitative estimate of drug-likeness (QED) is 0.520. The molecule has 0 saturated heterocycles. The van der Waals surface area contributed by atoms with Crippen molar-refractivity contribution in [3.05, 3.63) is 87.3 Å². The van der Waals surface area contributed by atoms with Crippen molar-refractivity contribution < 1.29 is 9.15 Å². The fourth-order valence-electron chi connectivity index (χ4n) is 3.68. The zero-order chi connectivity index (χ0) is 18.5. The highest BCUT2D eigenvalue weighted by Gasteiger charge is 2.42. The van der Waals surface area contributed by atoms with Gasteiger partial charge in [0.25, 0.3) is 0 Å². The third-order valence-electron chi connectivity index (χ3n) is 4.95. The summed E-state index contributed by atoms with van der Waals surface area (Å²) in [4.78, 5) is 0. The molecule has 2 aromatic carbocycles. The van der Waals surface area contributed by atoms with Gasteiger partial charge in [-0.05, 0) is 43.3 Å². The highest BCUT2D eigenvalue weighted by molar-refractivity contribution is 6.31. The number of hydrogen-bond acceptors (Lipinski definition) is 4. The number of hydrogen-bond donors (Lipinski definition) is 0. The maximum absolute atomic E-state index is 6.46. The first-order valence-electron chi connectivity index (χ1n) is 8.73. The highest BCUT2D eigenvalue weighted by Crippen LogP contribution is 2.49. The van der Waals surface area contributed by atoms with E-state index in [2.05, 4.69) is 0 Å². The second-order valence-electron chi connectivity index (χ2n) is 6.73. The molecule has 0 amide bonds. The van der Waals surface area contributed by atoms with Gasteiger partial charge in [-0.1, -0.05) is 41.4 Å². The van der Waals surface area contributed by atoms with Crippen LogP contribution in [0.4, 0.5) is 0 Å². The number of halogens is 2. The molecule has 0 aliphatic carbocycles. The van der Waals surface area contributed by atoms with E-state index in [4.69, 9.17) is 37.5 Å². The lowest BCUT2D eigenvalue weighted by molar-refractivity contribution is -0.0189. The molecule has 0 fully saturated rings. The van der Waals surface area contributed by atoms with Gasteiger partial charge in [-0.2, -0.15) is 5.10 Å². The van der Waals surface area contributed by atoms with Crippen LogP contribution in [-0.2, 0) is 0 Å². The molecule has 0 spiro atoms. The fourth-order valence-corrected chi connectivity index (χ4v) is 4.09. The number of rotatable bonds is 2. The molecule has 0 radical (unpaired) electrons. The van der Waals surface area contributed by atoms with E-state index in [1.165, 1.54) is 0 Å². The molecule has 2 aliphatic heterocycles. The van der Waals surface area contributed by atoms with E-state index in [0.29, 0.717) is 16.5 Å². The van der Waals surface area contributed by atoms with Crippen LogP contribution in [0.1, 0.15) is 41.3 Å². The van der Waals surface area contributed by atoms with Crippen LogP contribution in [0.25, 0.3) is 0 Å². The Bertz CT molecular complexity index is 1060. The molecule has 136 valence electrons. The van der Waals surface area contributed by atoms with Gasteiger partial charge in [0.15, 0.2) is 0 Å². The van der Waals surface area contributed by atoms with E-state index in [-0.39, 0.29) is 6.04 Å². The first-order valence-corrected chi connectivity index (χ1v) is 9.49. The Morgan fingerprint density at radius 2 is 1.89 bits per heavy atom. The van der Waals surface area contributed by atoms with Gasteiger partial charge in [-0.3, -0.25) is 0 Å². The van der Waals surface area contributed by atoms with Gasteiger partial charge in [-0.15, -0.1) is 0 Å². The van der Waals surface area contributed by atoms with Crippen LogP contribution in [0.15, 0.2) is 64.1 Å². The van der Waals surface area contributed by atoms with Gasteiger partial charge in [0.05, 0.1) is 6.04 Å². The Morgan fingerprint density at radius 1 is 1.04 bits per heavy atom. The number of fused-ring (bicyclic) bond motifs is 3. The average molecular weight is 399 g/mol. The molecule has 5 rings (SSSR count). The largest absolute Gasteiger partial charge is 0.464 e. The molecule has 2 aliphatic rings. The van der Waals surface area contributed by atoms with E-state index in [1.807, 2.05) is 66.5 Å². The summed E-state index contributed by atoms with van der Waals surface area (Å²) in [7, 11) is 0. The van der Waals surface area contributed by atoms with Crippen molar-refractivity contribution in [3.63, 3.8) is 0 Å². The van der Waals surface area contributed by atoms with Gasteiger partial charge in [-0.25, -0.2) is 5.01 Å². The molecule has 3 heterocycles. The summed E-state index contributed by atoms with van der Waals surface area (Å²) < 4.78 is 12.1. The number of nitrogens with zero attached hydrogens (tertiary/aromatic N) is 2. The van der Waals surface area contributed by atoms with Gasteiger partial charge < -0.3 is 9.15 Å². The molecular formula is C21H16Cl2N2O2. The summed E-state index contributed by atoms with van der Waals surface area (Å²) in [5.41, 5.74) is 2.79. The smallest absolute Gasteiger partial charge is 0.215 e. The van der Waals surface area contributed by atoms with Crippen LogP contribution in [0, 0.1) is 6.92 Å². The van der Waals surface area contributed by atoms with Crippen molar-refractivity contribution in [2.45, 2.75) is 25.6 Å². The zero-order valence-electron chi connectivity index (χ0n) is 14.5. The third-order valence-corrected chi connectivity index (χ3v) is 5.53. The zero-order valence-corrected chi connectivity index (χ0v) is 16.0. The average Bonchev–Trinajstić information content (AvgIpc) is 3.28. The van der Waals surface area contributed by atoms with Crippen LogP contribution in [0.2, 0.25) is 10.0 Å². The minimum atomic E-state index is -0.411. The van der Waals surface area contributed by atoms with Crippen LogP contribution < -0.4 is 4.74 Å². The van der Waals surface area contributed by atoms with Gasteiger partial charge in [0.1, 0.15) is 23.0 Å². The molecule has 2 atom stereocenters. The molecule has 1 aromatic heterocycles. The summed E-state index contributed by atoms with van der Waals surface area (Å²) in [5.74, 6) is 2.45. The van der Waals surface area contributed by atoms with E-state index in [1.54, 1.807) is 0 Å². The van der Waals surface area contributed by atoms with Crippen molar-refractivity contribution >= 4 is 28.9 Å². The molecule has 6 heteroatoms. The van der Waals surface area contributed by atoms with Crippen LogP contribution in [0.5, 0.6) is 5.75 Å². The Morgan fingerprint density at radius 3 is 2.67 bits per heavy atom. The SMILES string of the molecule is Cc1ccc(C2=NN3[C@@H](c4ccccc4Cl)Oc4ccc(Cl)cc4[C@@H]3C2)o1. The number of furan rings is 1. The van der Waals surface area contributed by atoms with Crippen molar-refractivity contribution in [2.24, 2.45) is 5.10 Å². The van der Waals surface area contributed by atoms with Crippen LogP contribution in [-0.4, -0.2) is 10.7 Å². The summed E-state index contributed by atoms with van der Waals surface area (Å²) in [6, 6.07) is 17.3. The Labute approximate surface area is 166 Å². The monoisotopic (exact) mass is 398 g/mol. The molecule has 3 aromatic rings.